The molecule has 8 nitrogen and oxygen atoms in total. The van der Waals surface area contributed by atoms with Crippen LogP contribution in [0.1, 0.15) is 0 Å². The summed E-state index contributed by atoms with van der Waals surface area (Å²) in [6.45, 7) is 0. The Morgan fingerprint density at radius 1 is 1.10 bits per heavy atom. The third-order valence-electron chi connectivity index (χ3n) is 2.67. The average molecular weight is 326 g/mol. The number of anilines is 1. The summed E-state index contributed by atoms with van der Waals surface area (Å²) in [7, 11) is -3.85. The van der Waals surface area contributed by atoms with Gasteiger partial charge in [-0.1, -0.05) is 11.6 Å². The number of aromatic nitrogens is 4. The molecule has 0 unspecified atom stereocenters. The second-order valence-corrected chi connectivity index (χ2v) is 6.19. The molecule has 3 aromatic rings. The third kappa shape index (κ3) is 2.73. The molecule has 3 N–H and O–H groups in total. The van der Waals surface area contributed by atoms with Crippen LogP contribution in [0.5, 0.6) is 0 Å². The van der Waals surface area contributed by atoms with Crippen LogP contribution in [0.2, 0.25) is 5.15 Å². The van der Waals surface area contributed by atoms with Gasteiger partial charge in [-0.3, -0.25) is 4.72 Å². The first-order chi connectivity index (χ1) is 9.94. The third-order valence-corrected chi connectivity index (χ3v) is 4.23. The second kappa shape index (κ2) is 4.86. The Kier molecular flexibility index (Phi) is 3.15. The molecule has 0 spiro atoms. The summed E-state index contributed by atoms with van der Waals surface area (Å²) >= 11 is 5.67. The van der Waals surface area contributed by atoms with Crippen molar-refractivity contribution < 1.29 is 8.42 Å². The number of hydrogen-bond acceptors (Lipinski definition) is 5. The summed E-state index contributed by atoms with van der Waals surface area (Å²) < 4.78 is 26.8. The molecule has 0 amide bonds. The van der Waals surface area contributed by atoms with E-state index in [1.165, 1.54) is 24.3 Å². The molecule has 1 aromatic carbocycles. The molecule has 0 aliphatic heterocycles. The summed E-state index contributed by atoms with van der Waals surface area (Å²) in [5.74, 6) is 0.0534. The number of imidazole rings is 1. The van der Waals surface area contributed by atoms with Gasteiger partial charge in [-0.05, 0) is 18.2 Å². The molecule has 0 saturated carbocycles. The van der Waals surface area contributed by atoms with Crippen molar-refractivity contribution in [1.29, 1.82) is 0 Å². The minimum Gasteiger partial charge on any atom is -0.306 e. The number of halogens is 1. The van der Waals surface area contributed by atoms with E-state index in [4.69, 9.17) is 11.6 Å². The van der Waals surface area contributed by atoms with Gasteiger partial charge in [0.05, 0.1) is 15.9 Å². The number of rotatable bonds is 3. The fraction of sp³-hybridized carbons (Fsp3) is 0. The van der Waals surface area contributed by atoms with Crippen LogP contribution < -0.4 is 10.4 Å². The molecule has 2 heterocycles. The van der Waals surface area contributed by atoms with Crippen molar-refractivity contribution in [3.63, 3.8) is 0 Å². The van der Waals surface area contributed by atoms with E-state index in [0.717, 1.165) is 6.33 Å². The first-order valence-electron chi connectivity index (χ1n) is 5.66. The smallest absolute Gasteiger partial charge is 0.306 e. The van der Waals surface area contributed by atoms with E-state index in [0.29, 0.717) is 11.0 Å². The SMILES string of the molecule is O=c1[nH]c2ccc(S(=O)(=O)Nc3cc(Cl)ncn3)cc2[nH]1. The van der Waals surface area contributed by atoms with E-state index in [-0.39, 0.29) is 15.9 Å². The zero-order valence-electron chi connectivity index (χ0n) is 10.3. The van der Waals surface area contributed by atoms with Gasteiger partial charge < -0.3 is 9.97 Å². The molecule has 2 aromatic heterocycles. The van der Waals surface area contributed by atoms with Crippen LogP contribution in [-0.4, -0.2) is 28.4 Å². The van der Waals surface area contributed by atoms with E-state index >= 15 is 0 Å². The topological polar surface area (TPSA) is 121 Å². The fourth-order valence-electron chi connectivity index (χ4n) is 1.76. The molecule has 0 atom stereocenters. The summed E-state index contributed by atoms with van der Waals surface area (Å²) in [5.41, 5.74) is 0.503. The minimum atomic E-state index is -3.85. The monoisotopic (exact) mass is 325 g/mol. The van der Waals surface area contributed by atoms with Crippen molar-refractivity contribution in [2.75, 3.05) is 4.72 Å². The molecule has 10 heteroatoms. The molecular formula is C11H8ClN5O3S. The van der Waals surface area contributed by atoms with Gasteiger partial charge in [-0.25, -0.2) is 23.2 Å². The van der Waals surface area contributed by atoms with Gasteiger partial charge in [0.15, 0.2) is 0 Å². The molecule has 0 saturated heterocycles. The first-order valence-corrected chi connectivity index (χ1v) is 7.52. The van der Waals surface area contributed by atoms with Gasteiger partial charge in [-0.15, -0.1) is 0 Å². The summed E-state index contributed by atoms with van der Waals surface area (Å²) in [6, 6.07) is 5.50. The highest BCUT2D eigenvalue weighted by Crippen LogP contribution is 2.18. The van der Waals surface area contributed by atoms with Crippen molar-refractivity contribution in [2.45, 2.75) is 4.90 Å². The number of hydrogen-bond donors (Lipinski definition) is 3. The lowest BCUT2D eigenvalue weighted by molar-refractivity contribution is 0.601. The molecule has 0 fully saturated rings. The van der Waals surface area contributed by atoms with Crippen molar-refractivity contribution in [3.8, 4) is 0 Å². The van der Waals surface area contributed by atoms with Gasteiger partial charge >= 0.3 is 5.69 Å². The van der Waals surface area contributed by atoms with Crippen molar-refractivity contribution in [2.24, 2.45) is 0 Å². The number of fused-ring (bicyclic) bond motifs is 1. The predicted molar refractivity (Wildman–Crippen MR) is 76.8 cm³/mol. The van der Waals surface area contributed by atoms with Crippen LogP contribution in [0.4, 0.5) is 5.82 Å². The summed E-state index contributed by atoms with van der Waals surface area (Å²) in [6.07, 6.45) is 1.15. The standard InChI is InChI=1S/C11H8ClN5O3S/c12-9-4-10(14-5-13-9)17-21(19,20)6-1-2-7-8(3-6)16-11(18)15-7/h1-5H,(H,13,14,17)(H2,15,16,18). The molecule has 0 bridgehead atoms. The zero-order valence-corrected chi connectivity index (χ0v) is 11.9. The number of benzene rings is 1. The predicted octanol–water partition coefficient (Wildman–Crippen LogP) is 1.10. The highest BCUT2D eigenvalue weighted by Gasteiger charge is 2.16. The lowest BCUT2D eigenvalue weighted by atomic mass is 10.3. The Labute approximate surface area is 123 Å². The summed E-state index contributed by atoms with van der Waals surface area (Å²) in [4.78, 5) is 23.6. The largest absolute Gasteiger partial charge is 0.323 e. The maximum absolute atomic E-state index is 12.2. The lowest BCUT2D eigenvalue weighted by Gasteiger charge is -2.07. The van der Waals surface area contributed by atoms with Gasteiger partial charge in [0.25, 0.3) is 10.0 Å². The first kappa shape index (κ1) is 13.6. The molecular weight excluding hydrogens is 318 g/mol. The molecule has 3 rings (SSSR count). The van der Waals surface area contributed by atoms with Crippen LogP contribution in [0.3, 0.4) is 0 Å². The van der Waals surface area contributed by atoms with Gasteiger partial charge in [0.2, 0.25) is 0 Å². The highest BCUT2D eigenvalue weighted by atomic mass is 35.5. The van der Waals surface area contributed by atoms with Crippen LogP contribution in [0.15, 0.2) is 40.3 Å². The van der Waals surface area contributed by atoms with E-state index in [1.54, 1.807) is 0 Å². The van der Waals surface area contributed by atoms with E-state index in [2.05, 4.69) is 24.7 Å². The van der Waals surface area contributed by atoms with Crippen LogP contribution in [0, 0.1) is 0 Å². The van der Waals surface area contributed by atoms with E-state index in [1.807, 2.05) is 0 Å². The maximum Gasteiger partial charge on any atom is 0.323 e. The van der Waals surface area contributed by atoms with Gasteiger partial charge in [0.1, 0.15) is 17.3 Å². The fourth-order valence-corrected chi connectivity index (χ4v) is 2.94. The Balaban J connectivity index is 2.01. The number of sulfonamides is 1. The number of nitrogens with one attached hydrogen (secondary N) is 3. The van der Waals surface area contributed by atoms with Crippen molar-refractivity contribution >= 4 is 38.5 Å². The van der Waals surface area contributed by atoms with Crippen LogP contribution in [0.25, 0.3) is 11.0 Å². The lowest BCUT2D eigenvalue weighted by Crippen LogP contribution is -2.14. The molecule has 0 aliphatic rings. The van der Waals surface area contributed by atoms with E-state index < -0.39 is 15.7 Å². The summed E-state index contributed by atoms with van der Waals surface area (Å²) in [5, 5.41) is 0.119. The Morgan fingerprint density at radius 3 is 2.62 bits per heavy atom. The Hall–Kier alpha value is -2.39. The normalized spacial score (nSPS) is 11.7. The Morgan fingerprint density at radius 2 is 1.86 bits per heavy atom. The van der Waals surface area contributed by atoms with Gasteiger partial charge in [-0.2, -0.15) is 0 Å². The molecule has 108 valence electrons. The van der Waals surface area contributed by atoms with E-state index in [9.17, 15) is 13.2 Å². The van der Waals surface area contributed by atoms with Gasteiger partial charge in [0, 0.05) is 6.07 Å². The molecule has 21 heavy (non-hydrogen) atoms. The van der Waals surface area contributed by atoms with Crippen LogP contribution >= 0.6 is 11.6 Å². The minimum absolute atomic E-state index is 0.0139. The number of H-pyrrole nitrogens is 2. The zero-order chi connectivity index (χ0) is 15.0. The Bertz CT molecular complexity index is 979. The maximum atomic E-state index is 12.2. The second-order valence-electron chi connectivity index (χ2n) is 4.12. The highest BCUT2D eigenvalue weighted by molar-refractivity contribution is 7.92. The van der Waals surface area contributed by atoms with Crippen LogP contribution in [-0.2, 0) is 10.0 Å². The number of aromatic amines is 2. The van der Waals surface area contributed by atoms with Crippen molar-refractivity contribution in [3.05, 3.63) is 46.2 Å². The number of nitrogens with zero attached hydrogens (tertiary/aromatic N) is 2. The molecule has 0 aliphatic carbocycles. The molecule has 0 radical (unpaired) electrons. The average Bonchev–Trinajstić information content (AvgIpc) is 2.77. The van der Waals surface area contributed by atoms with Crippen molar-refractivity contribution in [1.82, 2.24) is 19.9 Å². The quantitative estimate of drug-likeness (QED) is 0.623.